The number of unbranched alkanes of at least 4 members (excludes halogenated alkanes) is 1. The third-order valence-corrected chi connectivity index (χ3v) is 5.84. The van der Waals surface area contributed by atoms with Gasteiger partial charge in [0.25, 0.3) is 0 Å². The summed E-state index contributed by atoms with van der Waals surface area (Å²) in [6.45, 7) is 5.95. The summed E-state index contributed by atoms with van der Waals surface area (Å²) >= 11 is 0. The zero-order valence-corrected chi connectivity index (χ0v) is 16.4. The van der Waals surface area contributed by atoms with Gasteiger partial charge in [0, 0.05) is 62.9 Å². The molecule has 0 aliphatic carbocycles. The van der Waals surface area contributed by atoms with Crippen molar-refractivity contribution in [2.75, 3.05) is 39.4 Å². The molecule has 0 unspecified atom stereocenters. The van der Waals surface area contributed by atoms with Crippen LogP contribution in [0.5, 0.6) is 0 Å². The van der Waals surface area contributed by atoms with Crippen molar-refractivity contribution in [2.45, 2.75) is 51.9 Å². The summed E-state index contributed by atoms with van der Waals surface area (Å²) in [5, 5.41) is 0. The monoisotopic (exact) mass is 376 g/mol. The van der Waals surface area contributed by atoms with Gasteiger partial charge in [-0.15, -0.1) is 0 Å². The van der Waals surface area contributed by atoms with Crippen molar-refractivity contribution < 1.29 is 14.3 Å². The molecule has 3 rings (SSSR count). The minimum atomic E-state index is 0.0409. The van der Waals surface area contributed by atoms with Crippen molar-refractivity contribution in [1.82, 2.24) is 19.8 Å². The summed E-state index contributed by atoms with van der Waals surface area (Å²) < 4.78 is 5.52. The van der Waals surface area contributed by atoms with Gasteiger partial charge in [-0.3, -0.25) is 9.59 Å². The van der Waals surface area contributed by atoms with E-state index >= 15 is 0 Å². The molecule has 2 saturated heterocycles. The van der Waals surface area contributed by atoms with Crippen molar-refractivity contribution >= 4 is 11.8 Å². The quantitative estimate of drug-likeness (QED) is 0.704. The highest BCUT2D eigenvalue weighted by molar-refractivity contribution is 5.78. The number of rotatable bonds is 8. The molecule has 7 nitrogen and oxygen atoms in total. The van der Waals surface area contributed by atoms with Crippen LogP contribution in [0.2, 0.25) is 0 Å². The predicted molar refractivity (Wildman–Crippen MR) is 102 cm³/mol. The fraction of sp³-hybridized carbons (Fsp3) is 0.750. The molecular weight excluding hydrogens is 344 g/mol. The molecule has 0 radical (unpaired) electrons. The molecule has 2 aliphatic heterocycles. The molecule has 3 heterocycles. The second-order valence-corrected chi connectivity index (χ2v) is 7.97. The van der Waals surface area contributed by atoms with Crippen molar-refractivity contribution in [3.05, 3.63) is 18.2 Å². The lowest BCUT2D eigenvalue weighted by atomic mass is 9.73. The molecule has 1 atom stereocenters. The van der Waals surface area contributed by atoms with Gasteiger partial charge < -0.3 is 19.5 Å². The minimum absolute atomic E-state index is 0.0409. The maximum atomic E-state index is 12.5. The second kappa shape index (κ2) is 9.35. The zero-order valence-electron chi connectivity index (χ0n) is 16.4. The number of piperidine rings is 2. The van der Waals surface area contributed by atoms with Gasteiger partial charge in [0.05, 0.1) is 6.33 Å². The van der Waals surface area contributed by atoms with Gasteiger partial charge >= 0.3 is 0 Å². The fourth-order valence-electron chi connectivity index (χ4n) is 4.23. The Kier molecular flexibility index (Phi) is 6.88. The highest BCUT2D eigenvalue weighted by Gasteiger charge is 2.42. The summed E-state index contributed by atoms with van der Waals surface area (Å²) in [4.78, 5) is 36.0. The average molecular weight is 377 g/mol. The molecule has 0 saturated carbocycles. The standard InChI is InChI=1S/C20H32N4O3/c1-2-3-11-27-13-19(26)23-9-4-7-20(14-23)8-5-18(25)24(15-20)10-6-17-12-21-16-22-17/h12,16H,2-11,13-15H2,1H3,(H,21,22)/t20-/m1/s1. The number of carbonyl (C=O) groups excluding carboxylic acids is 2. The third-order valence-electron chi connectivity index (χ3n) is 5.84. The summed E-state index contributed by atoms with van der Waals surface area (Å²) in [6, 6.07) is 0. The van der Waals surface area contributed by atoms with Crippen LogP contribution in [-0.4, -0.2) is 71.0 Å². The average Bonchev–Trinajstić information content (AvgIpc) is 3.20. The molecule has 2 fully saturated rings. The van der Waals surface area contributed by atoms with E-state index in [1.165, 1.54) is 0 Å². The van der Waals surface area contributed by atoms with E-state index < -0.39 is 0 Å². The van der Waals surface area contributed by atoms with E-state index in [9.17, 15) is 9.59 Å². The lowest BCUT2D eigenvalue weighted by molar-refractivity contribution is -0.145. The second-order valence-electron chi connectivity index (χ2n) is 7.97. The number of amides is 2. The molecular formula is C20H32N4O3. The zero-order chi connectivity index (χ0) is 19.1. The van der Waals surface area contributed by atoms with Crippen LogP contribution in [0, 0.1) is 5.41 Å². The Morgan fingerprint density at radius 2 is 2.26 bits per heavy atom. The van der Waals surface area contributed by atoms with E-state index in [-0.39, 0.29) is 23.8 Å². The van der Waals surface area contributed by atoms with Crippen LogP contribution in [0.15, 0.2) is 12.5 Å². The van der Waals surface area contributed by atoms with E-state index in [1.807, 2.05) is 16.0 Å². The van der Waals surface area contributed by atoms with Gasteiger partial charge in [-0.05, 0) is 25.7 Å². The number of nitrogens with one attached hydrogen (secondary N) is 1. The lowest BCUT2D eigenvalue weighted by Crippen LogP contribution is -2.55. The molecule has 0 bridgehead atoms. The Bertz CT molecular complexity index is 619. The van der Waals surface area contributed by atoms with Gasteiger partial charge in [-0.2, -0.15) is 0 Å². The molecule has 1 N–H and O–H groups in total. The number of ether oxygens (including phenoxy) is 1. The maximum absolute atomic E-state index is 12.5. The topological polar surface area (TPSA) is 78.5 Å². The molecule has 7 heteroatoms. The lowest BCUT2D eigenvalue weighted by Gasteiger charge is -2.48. The number of likely N-dealkylation sites (tertiary alicyclic amines) is 2. The Hall–Kier alpha value is -1.89. The Labute approximate surface area is 161 Å². The molecule has 0 aromatic carbocycles. The van der Waals surface area contributed by atoms with E-state index in [0.29, 0.717) is 19.6 Å². The first-order valence-corrected chi connectivity index (χ1v) is 10.2. The number of carbonyl (C=O) groups is 2. The van der Waals surface area contributed by atoms with Gasteiger partial charge in [-0.25, -0.2) is 4.98 Å². The first-order chi connectivity index (χ1) is 13.1. The fourth-order valence-corrected chi connectivity index (χ4v) is 4.23. The van der Waals surface area contributed by atoms with Crippen LogP contribution in [0.1, 0.15) is 51.1 Å². The summed E-state index contributed by atoms with van der Waals surface area (Å²) in [6.07, 6.45) is 9.88. The molecule has 1 spiro atoms. The van der Waals surface area contributed by atoms with Crippen molar-refractivity contribution in [1.29, 1.82) is 0 Å². The van der Waals surface area contributed by atoms with E-state index in [2.05, 4.69) is 16.9 Å². The summed E-state index contributed by atoms with van der Waals surface area (Å²) in [5.41, 5.74) is 1.09. The minimum Gasteiger partial charge on any atom is -0.372 e. The predicted octanol–water partition coefficient (Wildman–Crippen LogP) is 2.00. The number of aromatic nitrogens is 2. The number of nitrogens with zero attached hydrogens (tertiary/aromatic N) is 3. The van der Waals surface area contributed by atoms with E-state index in [0.717, 1.165) is 63.9 Å². The van der Waals surface area contributed by atoms with Gasteiger partial charge in [0.2, 0.25) is 11.8 Å². The smallest absolute Gasteiger partial charge is 0.248 e. The van der Waals surface area contributed by atoms with Crippen molar-refractivity contribution in [3.63, 3.8) is 0 Å². The number of aromatic amines is 1. The summed E-state index contributed by atoms with van der Waals surface area (Å²) in [5.74, 6) is 0.317. The Morgan fingerprint density at radius 1 is 1.37 bits per heavy atom. The van der Waals surface area contributed by atoms with E-state index in [4.69, 9.17) is 4.74 Å². The molecule has 1 aromatic heterocycles. The highest BCUT2D eigenvalue weighted by atomic mass is 16.5. The van der Waals surface area contributed by atoms with Crippen molar-refractivity contribution in [2.24, 2.45) is 5.41 Å². The molecule has 150 valence electrons. The van der Waals surface area contributed by atoms with Gasteiger partial charge in [-0.1, -0.05) is 13.3 Å². The highest BCUT2D eigenvalue weighted by Crippen LogP contribution is 2.38. The van der Waals surface area contributed by atoms with Crippen LogP contribution in [0.25, 0.3) is 0 Å². The first kappa shape index (κ1) is 19.9. The number of H-pyrrole nitrogens is 1. The maximum Gasteiger partial charge on any atom is 0.248 e. The Balaban J connectivity index is 1.54. The SMILES string of the molecule is CCCCOCC(=O)N1CCC[C@@]2(CCC(=O)N(CCc3cnc[nH]3)C2)C1. The van der Waals surface area contributed by atoms with E-state index in [1.54, 1.807) is 6.33 Å². The number of hydrogen-bond donors (Lipinski definition) is 1. The molecule has 2 amide bonds. The summed E-state index contributed by atoms with van der Waals surface area (Å²) in [7, 11) is 0. The van der Waals surface area contributed by atoms with Crippen LogP contribution >= 0.6 is 0 Å². The largest absolute Gasteiger partial charge is 0.372 e. The van der Waals surface area contributed by atoms with Crippen LogP contribution in [-0.2, 0) is 20.7 Å². The van der Waals surface area contributed by atoms with Crippen LogP contribution in [0.3, 0.4) is 0 Å². The normalized spacial score (nSPS) is 23.2. The number of hydrogen-bond acceptors (Lipinski definition) is 4. The number of imidazole rings is 1. The molecule has 2 aliphatic rings. The third kappa shape index (κ3) is 5.31. The molecule has 27 heavy (non-hydrogen) atoms. The van der Waals surface area contributed by atoms with Crippen molar-refractivity contribution in [3.8, 4) is 0 Å². The van der Waals surface area contributed by atoms with Crippen LogP contribution < -0.4 is 0 Å². The first-order valence-electron chi connectivity index (χ1n) is 10.2. The van der Waals surface area contributed by atoms with Crippen LogP contribution in [0.4, 0.5) is 0 Å². The van der Waals surface area contributed by atoms with Gasteiger partial charge in [0.15, 0.2) is 0 Å². The molecule has 1 aromatic rings. The van der Waals surface area contributed by atoms with Gasteiger partial charge in [0.1, 0.15) is 6.61 Å². The Morgan fingerprint density at radius 3 is 3.04 bits per heavy atom.